The third-order valence-electron chi connectivity index (χ3n) is 8.02. The molecule has 9 nitrogen and oxygen atoms in total. The van der Waals surface area contributed by atoms with Crippen LogP contribution in [0.15, 0.2) is 90.3 Å². The van der Waals surface area contributed by atoms with E-state index in [1.807, 2.05) is 72.4 Å². The summed E-state index contributed by atoms with van der Waals surface area (Å²) in [6.45, 7) is 0.434. The Bertz CT molecular complexity index is 1570. The van der Waals surface area contributed by atoms with Gasteiger partial charge in [0.15, 0.2) is 11.4 Å². The van der Waals surface area contributed by atoms with Crippen molar-refractivity contribution in [2.45, 2.75) is 75.3 Å². The second-order valence-corrected chi connectivity index (χ2v) is 12.5. The molecule has 4 aromatic rings. The van der Waals surface area contributed by atoms with Crippen molar-refractivity contribution in [2.75, 3.05) is 5.75 Å². The number of hydrogen-bond acceptors (Lipinski definition) is 7. The molecule has 1 fully saturated rings. The number of nitrogens with one attached hydrogen (secondary N) is 1. The van der Waals surface area contributed by atoms with E-state index in [0.717, 1.165) is 50.7 Å². The van der Waals surface area contributed by atoms with E-state index in [2.05, 4.69) is 28.5 Å². The van der Waals surface area contributed by atoms with Crippen LogP contribution in [0.25, 0.3) is 11.1 Å². The van der Waals surface area contributed by atoms with Crippen molar-refractivity contribution in [1.29, 1.82) is 0 Å². The molecule has 0 spiro atoms. The summed E-state index contributed by atoms with van der Waals surface area (Å²) in [5, 5.41) is 22.1. The van der Waals surface area contributed by atoms with Gasteiger partial charge < -0.3 is 29.6 Å². The number of carboxylic acid groups (broad SMARTS) is 1. The Balaban J connectivity index is 1.22. The molecule has 1 aliphatic heterocycles. The monoisotopic (exact) mass is 643 g/mol. The molecule has 10 heteroatoms. The molecule has 46 heavy (non-hydrogen) atoms. The summed E-state index contributed by atoms with van der Waals surface area (Å²) in [7, 11) is 1.98. The molecule has 0 bridgehead atoms. The molecule has 0 aliphatic carbocycles. The Labute approximate surface area is 274 Å². The molecular formula is C36H41N3O6S. The van der Waals surface area contributed by atoms with E-state index < -0.39 is 12.3 Å². The predicted molar refractivity (Wildman–Crippen MR) is 177 cm³/mol. The number of rotatable bonds is 15. The fourth-order valence-electron chi connectivity index (χ4n) is 5.40. The number of thioether (sulfide) groups is 1. The molecule has 0 unspecified atom stereocenters. The van der Waals surface area contributed by atoms with E-state index in [4.69, 9.17) is 14.6 Å². The van der Waals surface area contributed by atoms with E-state index in [1.54, 1.807) is 18.0 Å². The van der Waals surface area contributed by atoms with Crippen molar-refractivity contribution in [3.05, 3.63) is 107 Å². The van der Waals surface area contributed by atoms with E-state index in [0.29, 0.717) is 32.2 Å². The van der Waals surface area contributed by atoms with Gasteiger partial charge in [0, 0.05) is 56.6 Å². The van der Waals surface area contributed by atoms with Gasteiger partial charge in [-0.05, 0) is 46.7 Å². The molecule has 3 N–H and O–H groups in total. The summed E-state index contributed by atoms with van der Waals surface area (Å²) in [6, 6.07) is 24.2. The predicted octanol–water partition coefficient (Wildman–Crippen LogP) is 6.57. The smallest absolute Gasteiger partial charge is 0.303 e. The lowest BCUT2D eigenvalue weighted by Gasteiger charge is -2.36. The van der Waals surface area contributed by atoms with Crippen molar-refractivity contribution < 1.29 is 29.3 Å². The van der Waals surface area contributed by atoms with Crippen molar-refractivity contribution in [3.63, 3.8) is 0 Å². The summed E-state index contributed by atoms with van der Waals surface area (Å²) in [5.41, 5.74) is 5.94. The number of ether oxygens (including phenoxy) is 2. The number of carbonyl (C=O) groups excluding carboxylic acids is 1. The van der Waals surface area contributed by atoms with Crippen LogP contribution in [0.5, 0.6) is 0 Å². The van der Waals surface area contributed by atoms with Crippen LogP contribution in [0, 0.1) is 0 Å². The van der Waals surface area contributed by atoms with Gasteiger partial charge in [-0.25, -0.2) is 4.98 Å². The van der Waals surface area contributed by atoms with Gasteiger partial charge in [-0.3, -0.25) is 9.59 Å². The van der Waals surface area contributed by atoms with Gasteiger partial charge in [0.2, 0.25) is 5.91 Å². The maximum Gasteiger partial charge on any atom is 0.303 e. The zero-order valence-electron chi connectivity index (χ0n) is 26.0. The molecule has 2 heterocycles. The van der Waals surface area contributed by atoms with E-state index in [9.17, 15) is 14.7 Å². The third-order valence-corrected chi connectivity index (χ3v) is 9.21. The van der Waals surface area contributed by atoms with Crippen molar-refractivity contribution >= 4 is 23.6 Å². The van der Waals surface area contributed by atoms with Crippen LogP contribution in [0.4, 0.5) is 0 Å². The average molecular weight is 644 g/mol. The molecule has 0 radical (unpaired) electrons. The highest BCUT2D eigenvalue weighted by Crippen LogP contribution is 2.39. The first-order valence-electron chi connectivity index (χ1n) is 15.7. The van der Waals surface area contributed by atoms with Crippen molar-refractivity contribution in [1.82, 2.24) is 14.9 Å². The van der Waals surface area contributed by atoms with Gasteiger partial charge in [-0.15, -0.1) is 0 Å². The van der Waals surface area contributed by atoms with Gasteiger partial charge in [0.1, 0.15) is 0 Å². The summed E-state index contributed by atoms with van der Waals surface area (Å²) in [6.07, 6.45) is 6.22. The Hall–Kier alpha value is -3.96. The average Bonchev–Trinajstić information content (AvgIpc) is 3.50. The topological polar surface area (TPSA) is 123 Å². The maximum atomic E-state index is 12.3. The number of hydrogen-bond donors (Lipinski definition) is 3. The number of aliphatic hydroxyl groups excluding tert-OH is 1. The zero-order chi connectivity index (χ0) is 32.3. The Morgan fingerprint density at radius 3 is 2.41 bits per heavy atom. The standard InChI is InChI=1S/C36H41N3O6S/c1-39-19-18-37-36(39)46-24-31-21-32(28-12-10-25(23-40)11-13-28)45-35(44-31)29-16-14-27(15-17-29)30-7-5-6-26(20-30)22-38-33(41)8-3-2-4-9-34(42)43/h5-7,10-20,31-32,35,40H,2-4,8-9,21-24H2,1H3,(H,38,41)(H,42,43)/t31-,32+,35+/m1/s1. The number of unbranched alkanes of at least 4 members (excludes halogenated alkanes) is 2. The normalized spacial score (nSPS) is 17.9. The van der Waals surface area contributed by atoms with Gasteiger partial charge in [0.05, 0.1) is 18.8 Å². The van der Waals surface area contributed by atoms with Crippen LogP contribution in [0.1, 0.15) is 73.2 Å². The Morgan fingerprint density at radius 1 is 0.935 bits per heavy atom. The van der Waals surface area contributed by atoms with Crippen LogP contribution < -0.4 is 5.32 Å². The highest BCUT2D eigenvalue weighted by Gasteiger charge is 2.32. The number of carbonyl (C=O) groups is 2. The maximum absolute atomic E-state index is 12.3. The Kier molecular flexibility index (Phi) is 12.0. The minimum atomic E-state index is -0.801. The molecule has 3 atom stereocenters. The number of aliphatic hydroxyl groups is 1. The molecule has 0 saturated carbocycles. The number of benzene rings is 3. The number of nitrogens with zero attached hydrogens (tertiary/aromatic N) is 2. The third kappa shape index (κ3) is 9.53. The second kappa shape index (κ2) is 16.6. The largest absolute Gasteiger partial charge is 0.481 e. The quantitative estimate of drug-likeness (QED) is 0.0983. The van der Waals surface area contributed by atoms with E-state index >= 15 is 0 Å². The lowest BCUT2D eigenvalue weighted by molar-refractivity contribution is -0.245. The molecule has 242 valence electrons. The molecule has 5 rings (SSSR count). The van der Waals surface area contributed by atoms with Gasteiger partial charge in [0.25, 0.3) is 0 Å². The number of aliphatic carboxylic acids is 1. The van der Waals surface area contributed by atoms with Crippen LogP contribution in [-0.2, 0) is 39.3 Å². The first kappa shape index (κ1) is 33.4. The molecule has 1 aliphatic rings. The summed E-state index contributed by atoms with van der Waals surface area (Å²) in [5.74, 6) is -0.0934. The van der Waals surface area contributed by atoms with Gasteiger partial charge in [-0.1, -0.05) is 84.9 Å². The highest BCUT2D eigenvalue weighted by atomic mass is 32.2. The zero-order valence-corrected chi connectivity index (χ0v) is 26.8. The Morgan fingerprint density at radius 2 is 1.70 bits per heavy atom. The highest BCUT2D eigenvalue weighted by molar-refractivity contribution is 7.99. The van der Waals surface area contributed by atoms with Gasteiger partial charge in [-0.2, -0.15) is 0 Å². The summed E-state index contributed by atoms with van der Waals surface area (Å²) < 4.78 is 15.0. The fraction of sp³-hybridized carbons (Fsp3) is 0.361. The van der Waals surface area contributed by atoms with Crippen LogP contribution in [0.3, 0.4) is 0 Å². The SMILES string of the molecule is Cn1ccnc1SC[C@H]1C[C@@H](c2ccc(CO)cc2)O[C@@H](c2ccc(-c3cccc(CNC(=O)CCCCCC(=O)O)c3)cc2)O1. The molecule has 3 aromatic carbocycles. The second-order valence-electron chi connectivity index (χ2n) is 11.5. The minimum absolute atomic E-state index is 0.00193. The lowest BCUT2D eigenvalue weighted by Crippen LogP contribution is -2.31. The van der Waals surface area contributed by atoms with E-state index in [1.165, 1.54) is 0 Å². The first-order chi connectivity index (χ1) is 22.4. The minimum Gasteiger partial charge on any atom is -0.481 e. The van der Waals surface area contributed by atoms with Crippen LogP contribution in [-0.4, -0.2) is 43.5 Å². The lowest BCUT2D eigenvalue weighted by atomic mass is 9.99. The molecule has 1 amide bonds. The number of aromatic nitrogens is 2. The number of amides is 1. The molecule has 1 saturated heterocycles. The molecule has 1 aromatic heterocycles. The van der Waals surface area contributed by atoms with E-state index in [-0.39, 0.29) is 31.1 Å². The number of imidazole rings is 1. The number of aryl methyl sites for hydroxylation is 1. The van der Waals surface area contributed by atoms with Gasteiger partial charge >= 0.3 is 5.97 Å². The van der Waals surface area contributed by atoms with Crippen LogP contribution in [0.2, 0.25) is 0 Å². The van der Waals surface area contributed by atoms with Crippen LogP contribution >= 0.6 is 11.8 Å². The summed E-state index contributed by atoms with van der Waals surface area (Å²) in [4.78, 5) is 27.3. The van der Waals surface area contributed by atoms with Crippen molar-refractivity contribution in [3.8, 4) is 11.1 Å². The number of carboxylic acids is 1. The molecular weight excluding hydrogens is 602 g/mol. The van der Waals surface area contributed by atoms with Crippen molar-refractivity contribution in [2.24, 2.45) is 7.05 Å². The fourth-order valence-corrected chi connectivity index (χ4v) is 6.35. The first-order valence-corrected chi connectivity index (χ1v) is 16.6. The summed E-state index contributed by atoms with van der Waals surface area (Å²) >= 11 is 1.67.